The van der Waals surface area contributed by atoms with E-state index in [1.54, 1.807) is 12.0 Å². The molecule has 1 aliphatic heterocycles. The summed E-state index contributed by atoms with van der Waals surface area (Å²) in [5.41, 5.74) is 3.83. The molecule has 0 spiro atoms. The van der Waals surface area contributed by atoms with E-state index in [1.165, 1.54) is 11.3 Å². The number of hydrogen-bond donors (Lipinski definition) is 0. The van der Waals surface area contributed by atoms with Gasteiger partial charge in [0.2, 0.25) is 5.91 Å². The Hall–Kier alpha value is -2.71. The van der Waals surface area contributed by atoms with Crippen LogP contribution < -0.4 is 4.74 Å². The van der Waals surface area contributed by atoms with Crippen molar-refractivity contribution in [2.45, 2.75) is 32.4 Å². The first-order chi connectivity index (χ1) is 15.3. The first kappa shape index (κ1) is 22.5. The number of carbonyl (C=O) groups is 1. The van der Waals surface area contributed by atoms with Crippen molar-refractivity contribution in [3.63, 3.8) is 0 Å². The summed E-state index contributed by atoms with van der Waals surface area (Å²) >= 11 is 1.51. The van der Waals surface area contributed by atoms with Crippen molar-refractivity contribution in [3.05, 3.63) is 70.7 Å². The summed E-state index contributed by atoms with van der Waals surface area (Å²) < 4.78 is 29.4. The molecule has 32 heavy (non-hydrogen) atoms. The van der Waals surface area contributed by atoms with Crippen molar-refractivity contribution in [1.82, 2.24) is 9.88 Å². The number of sulfone groups is 1. The normalized spacial score (nSPS) is 17.2. The second-order valence-electron chi connectivity index (χ2n) is 8.12. The summed E-state index contributed by atoms with van der Waals surface area (Å²) in [6.45, 7) is 2.39. The fourth-order valence-electron chi connectivity index (χ4n) is 3.93. The average molecular weight is 471 g/mol. The van der Waals surface area contributed by atoms with Crippen molar-refractivity contribution in [2.75, 3.05) is 18.6 Å². The number of carbonyl (C=O) groups excluding carboxylic acids is 1. The minimum absolute atomic E-state index is 0.0144. The molecule has 1 fully saturated rings. The quantitative estimate of drug-likeness (QED) is 0.524. The molecule has 0 N–H and O–H groups in total. The highest BCUT2D eigenvalue weighted by Gasteiger charge is 2.34. The number of methoxy groups -OCH3 is 1. The Bertz CT molecular complexity index is 1200. The van der Waals surface area contributed by atoms with Gasteiger partial charge in [0.05, 0.1) is 30.7 Å². The number of rotatable bonds is 7. The van der Waals surface area contributed by atoms with E-state index in [0.717, 1.165) is 27.4 Å². The summed E-state index contributed by atoms with van der Waals surface area (Å²) in [5, 5.41) is 2.79. The number of ether oxygens (including phenoxy) is 1. The van der Waals surface area contributed by atoms with Gasteiger partial charge in [0.1, 0.15) is 10.8 Å². The number of amides is 1. The van der Waals surface area contributed by atoms with Crippen LogP contribution in [0.3, 0.4) is 0 Å². The molecule has 6 nitrogen and oxygen atoms in total. The van der Waals surface area contributed by atoms with E-state index in [-0.39, 0.29) is 29.9 Å². The zero-order chi connectivity index (χ0) is 22.7. The van der Waals surface area contributed by atoms with E-state index in [0.29, 0.717) is 18.7 Å². The Balaban J connectivity index is 1.53. The van der Waals surface area contributed by atoms with Crippen LogP contribution in [0.5, 0.6) is 5.75 Å². The molecule has 0 saturated carbocycles. The Morgan fingerprint density at radius 1 is 1.22 bits per heavy atom. The number of hydrogen-bond acceptors (Lipinski definition) is 6. The first-order valence-electron chi connectivity index (χ1n) is 10.5. The molecule has 1 saturated heterocycles. The van der Waals surface area contributed by atoms with Crippen LogP contribution in [-0.4, -0.2) is 48.9 Å². The van der Waals surface area contributed by atoms with E-state index >= 15 is 0 Å². The second-order valence-corrected chi connectivity index (χ2v) is 11.2. The van der Waals surface area contributed by atoms with E-state index in [1.807, 2.05) is 54.8 Å². The fourth-order valence-corrected chi connectivity index (χ4v) is 6.47. The summed E-state index contributed by atoms with van der Waals surface area (Å²) in [6, 6.07) is 15.3. The molecule has 1 unspecified atom stereocenters. The van der Waals surface area contributed by atoms with Crippen LogP contribution in [0.15, 0.2) is 53.9 Å². The molecular formula is C24H26N2O4S2. The number of nitrogens with zero attached hydrogens (tertiary/aromatic N) is 2. The first-order valence-corrected chi connectivity index (χ1v) is 13.2. The van der Waals surface area contributed by atoms with Gasteiger partial charge in [-0.3, -0.25) is 4.79 Å². The van der Waals surface area contributed by atoms with Crippen LogP contribution in [-0.2, 0) is 27.6 Å². The van der Waals surface area contributed by atoms with E-state index < -0.39 is 9.84 Å². The lowest BCUT2D eigenvalue weighted by molar-refractivity contribution is -0.133. The summed E-state index contributed by atoms with van der Waals surface area (Å²) in [4.78, 5) is 19.7. The Kier molecular flexibility index (Phi) is 6.62. The Morgan fingerprint density at radius 3 is 2.66 bits per heavy atom. The monoisotopic (exact) mass is 470 g/mol. The third kappa shape index (κ3) is 5.37. The standard InChI is InChI=1S/C24H26N2O4S2/c1-17-4-3-5-19(12-17)24-25-20(15-31-24)13-23(27)26(21-10-11-32(28,29)16-21)14-18-6-8-22(30-2)9-7-18/h3-9,12,15,21H,10-11,13-14,16H2,1-2H3. The van der Waals surface area contributed by atoms with Gasteiger partial charge in [-0.1, -0.05) is 35.9 Å². The maximum absolute atomic E-state index is 13.3. The van der Waals surface area contributed by atoms with Gasteiger partial charge in [-0.25, -0.2) is 13.4 Å². The van der Waals surface area contributed by atoms with E-state index in [4.69, 9.17) is 4.74 Å². The summed E-state index contributed by atoms with van der Waals surface area (Å²) in [6.07, 6.45) is 0.616. The Labute approximate surface area is 192 Å². The fraction of sp³-hybridized carbons (Fsp3) is 0.333. The molecule has 4 rings (SSSR count). The molecule has 0 bridgehead atoms. The summed E-state index contributed by atoms with van der Waals surface area (Å²) in [7, 11) is -1.51. The number of thiazole rings is 1. The average Bonchev–Trinajstić information content (AvgIpc) is 3.38. The van der Waals surface area contributed by atoms with Gasteiger partial charge in [0, 0.05) is 23.5 Å². The number of benzene rings is 2. The predicted molar refractivity (Wildman–Crippen MR) is 127 cm³/mol. The Morgan fingerprint density at radius 2 is 2.00 bits per heavy atom. The molecule has 0 aliphatic carbocycles. The minimum Gasteiger partial charge on any atom is -0.497 e. The van der Waals surface area contributed by atoms with Crippen molar-refractivity contribution in [2.24, 2.45) is 0 Å². The van der Waals surface area contributed by atoms with Crippen LogP contribution >= 0.6 is 11.3 Å². The molecule has 1 aromatic heterocycles. The van der Waals surface area contributed by atoms with Gasteiger partial charge in [-0.05, 0) is 37.1 Å². The summed E-state index contributed by atoms with van der Waals surface area (Å²) in [5.74, 6) is 0.768. The molecule has 2 aromatic carbocycles. The predicted octanol–water partition coefficient (Wildman–Crippen LogP) is 3.89. The van der Waals surface area contributed by atoms with Gasteiger partial charge in [-0.15, -0.1) is 11.3 Å². The lowest BCUT2D eigenvalue weighted by atomic mass is 10.1. The minimum atomic E-state index is -3.11. The van der Waals surface area contributed by atoms with Gasteiger partial charge >= 0.3 is 0 Å². The molecule has 1 aliphatic rings. The zero-order valence-electron chi connectivity index (χ0n) is 18.2. The smallest absolute Gasteiger partial charge is 0.229 e. The zero-order valence-corrected chi connectivity index (χ0v) is 19.8. The van der Waals surface area contributed by atoms with Gasteiger partial charge in [0.25, 0.3) is 0 Å². The maximum Gasteiger partial charge on any atom is 0.229 e. The van der Waals surface area contributed by atoms with Gasteiger partial charge in [0.15, 0.2) is 9.84 Å². The van der Waals surface area contributed by atoms with E-state index in [2.05, 4.69) is 11.1 Å². The van der Waals surface area contributed by atoms with Crippen molar-refractivity contribution < 1.29 is 17.9 Å². The topological polar surface area (TPSA) is 76.6 Å². The molecular weight excluding hydrogens is 444 g/mol. The lowest BCUT2D eigenvalue weighted by Gasteiger charge is -2.28. The lowest BCUT2D eigenvalue weighted by Crippen LogP contribution is -2.41. The third-order valence-corrected chi connectivity index (χ3v) is 8.32. The van der Waals surface area contributed by atoms with Gasteiger partial charge in [-0.2, -0.15) is 0 Å². The number of aromatic nitrogens is 1. The van der Waals surface area contributed by atoms with Crippen molar-refractivity contribution >= 4 is 27.1 Å². The maximum atomic E-state index is 13.3. The molecule has 0 radical (unpaired) electrons. The van der Waals surface area contributed by atoms with Crippen LogP contribution in [0, 0.1) is 6.92 Å². The largest absolute Gasteiger partial charge is 0.497 e. The second kappa shape index (κ2) is 9.42. The molecule has 3 aromatic rings. The SMILES string of the molecule is COc1ccc(CN(C(=O)Cc2csc(-c3cccc(C)c3)n2)C2CCS(=O)(=O)C2)cc1. The van der Waals surface area contributed by atoms with Crippen LogP contribution in [0.25, 0.3) is 10.6 Å². The van der Waals surface area contributed by atoms with Crippen LogP contribution in [0.4, 0.5) is 0 Å². The molecule has 168 valence electrons. The van der Waals surface area contributed by atoms with Gasteiger partial charge < -0.3 is 9.64 Å². The molecule has 2 heterocycles. The highest BCUT2D eigenvalue weighted by atomic mass is 32.2. The van der Waals surface area contributed by atoms with Crippen LogP contribution in [0.2, 0.25) is 0 Å². The van der Waals surface area contributed by atoms with Crippen molar-refractivity contribution in [3.8, 4) is 16.3 Å². The third-order valence-electron chi connectivity index (χ3n) is 5.63. The van der Waals surface area contributed by atoms with E-state index in [9.17, 15) is 13.2 Å². The molecule has 8 heteroatoms. The van der Waals surface area contributed by atoms with Crippen molar-refractivity contribution in [1.29, 1.82) is 0 Å². The highest BCUT2D eigenvalue weighted by Crippen LogP contribution is 2.26. The molecule has 1 atom stereocenters. The van der Waals surface area contributed by atoms with Crippen LogP contribution in [0.1, 0.15) is 23.2 Å². The number of aryl methyl sites for hydroxylation is 1. The highest BCUT2D eigenvalue weighted by molar-refractivity contribution is 7.91. The molecule has 1 amide bonds.